The van der Waals surface area contributed by atoms with Gasteiger partial charge in [0.25, 0.3) is 17.7 Å². The molecule has 0 radical (unpaired) electrons. The molecule has 34 heavy (non-hydrogen) atoms. The summed E-state index contributed by atoms with van der Waals surface area (Å²) in [6.07, 6.45) is 0.572. The van der Waals surface area contributed by atoms with Gasteiger partial charge in [0.1, 0.15) is 5.75 Å². The fourth-order valence-corrected chi connectivity index (χ4v) is 4.79. The lowest BCUT2D eigenvalue weighted by Gasteiger charge is -2.13. The number of carbonyl (C=O) groups is 3. The number of aromatic nitrogens is 1. The molecule has 0 fully saturated rings. The van der Waals surface area contributed by atoms with Crippen LogP contribution in [0, 0.1) is 0 Å². The number of benzene rings is 3. The van der Waals surface area contributed by atoms with Crippen LogP contribution in [-0.4, -0.2) is 40.8 Å². The number of carbonyl (C=O) groups excluding carboxylic acids is 3. The van der Waals surface area contributed by atoms with Gasteiger partial charge in [0.2, 0.25) is 0 Å². The van der Waals surface area contributed by atoms with Crippen LogP contribution in [0.5, 0.6) is 5.75 Å². The average molecular weight is 472 g/mol. The predicted octanol–water partition coefficient (Wildman–Crippen LogP) is 4.79. The van der Waals surface area contributed by atoms with E-state index in [2.05, 4.69) is 10.3 Å². The maximum Gasteiger partial charge on any atom is 0.261 e. The van der Waals surface area contributed by atoms with Gasteiger partial charge in [-0.2, -0.15) is 0 Å². The van der Waals surface area contributed by atoms with Crippen LogP contribution in [0.1, 0.15) is 43.6 Å². The highest BCUT2D eigenvalue weighted by atomic mass is 32.1. The Balaban J connectivity index is 1.31. The second kappa shape index (κ2) is 9.07. The first-order valence-electron chi connectivity index (χ1n) is 10.9. The Morgan fingerprint density at radius 3 is 2.59 bits per heavy atom. The van der Waals surface area contributed by atoms with E-state index in [1.54, 1.807) is 12.1 Å². The molecular formula is C26H21N3O4S. The SMILES string of the molecule is CCOc1ccc2nc(NC(=O)c3ccc4c(c3)C(=O)N(CCc3ccccc3)C4=O)sc2c1. The standard InChI is InChI=1S/C26H21N3O4S/c1-2-33-18-9-11-21-22(15-18)34-26(27-21)28-23(30)17-8-10-19-20(14-17)25(32)29(24(19)31)13-12-16-6-4-3-5-7-16/h3-11,14-15H,2,12-13H2,1H3,(H,27,28,30). The molecule has 1 N–H and O–H groups in total. The molecule has 4 aromatic rings. The summed E-state index contributed by atoms with van der Waals surface area (Å²) in [7, 11) is 0. The highest BCUT2D eigenvalue weighted by Gasteiger charge is 2.35. The first kappa shape index (κ1) is 21.8. The predicted molar refractivity (Wildman–Crippen MR) is 131 cm³/mol. The van der Waals surface area contributed by atoms with Gasteiger partial charge in [-0.05, 0) is 55.3 Å². The average Bonchev–Trinajstić information content (AvgIpc) is 3.35. The number of rotatable bonds is 7. The number of fused-ring (bicyclic) bond motifs is 2. The molecule has 0 spiro atoms. The number of nitrogens with zero attached hydrogens (tertiary/aromatic N) is 2. The summed E-state index contributed by atoms with van der Waals surface area (Å²) in [5, 5.41) is 3.24. The third-order valence-electron chi connectivity index (χ3n) is 5.59. The smallest absolute Gasteiger partial charge is 0.261 e. The number of thiazole rings is 1. The van der Waals surface area contributed by atoms with Gasteiger partial charge in [-0.1, -0.05) is 41.7 Å². The normalized spacial score (nSPS) is 12.8. The molecule has 0 unspecified atom stereocenters. The molecule has 2 heterocycles. The number of amides is 3. The summed E-state index contributed by atoms with van der Waals surface area (Å²) in [6.45, 7) is 2.77. The number of nitrogens with one attached hydrogen (secondary N) is 1. The van der Waals surface area contributed by atoms with Crippen molar-refractivity contribution in [2.75, 3.05) is 18.5 Å². The van der Waals surface area contributed by atoms with Gasteiger partial charge in [0.15, 0.2) is 5.13 Å². The first-order valence-corrected chi connectivity index (χ1v) is 11.7. The van der Waals surface area contributed by atoms with Crippen LogP contribution < -0.4 is 10.1 Å². The molecule has 5 rings (SSSR count). The second-order valence-electron chi connectivity index (χ2n) is 7.79. The van der Waals surface area contributed by atoms with Gasteiger partial charge in [-0.25, -0.2) is 4.98 Å². The summed E-state index contributed by atoms with van der Waals surface area (Å²) in [6, 6.07) is 19.8. The van der Waals surface area contributed by atoms with Crippen molar-refractivity contribution in [3.63, 3.8) is 0 Å². The van der Waals surface area contributed by atoms with Crippen LogP contribution in [0.25, 0.3) is 10.2 Å². The zero-order valence-electron chi connectivity index (χ0n) is 18.4. The summed E-state index contributed by atoms with van der Waals surface area (Å²) in [4.78, 5) is 44.2. The Hall–Kier alpha value is -4.04. The lowest BCUT2D eigenvalue weighted by Crippen LogP contribution is -2.31. The van der Waals surface area contributed by atoms with E-state index in [4.69, 9.17) is 4.74 Å². The van der Waals surface area contributed by atoms with Crippen molar-refractivity contribution >= 4 is 44.4 Å². The summed E-state index contributed by atoms with van der Waals surface area (Å²) >= 11 is 1.34. The number of ether oxygens (including phenoxy) is 1. The van der Waals surface area contributed by atoms with E-state index in [0.29, 0.717) is 29.3 Å². The lowest BCUT2D eigenvalue weighted by molar-refractivity contribution is 0.0656. The van der Waals surface area contributed by atoms with Crippen molar-refractivity contribution in [1.29, 1.82) is 0 Å². The quantitative estimate of drug-likeness (QED) is 0.392. The van der Waals surface area contributed by atoms with Crippen molar-refractivity contribution in [2.45, 2.75) is 13.3 Å². The van der Waals surface area contributed by atoms with E-state index in [9.17, 15) is 14.4 Å². The zero-order valence-corrected chi connectivity index (χ0v) is 19.2. The molecule has 3 amide bonds. The van der Waals surface area contributed by atoms with Crippen LogP contribution in [0.2, 0.25) is 0 Å². The molecule has 8 heteroatoms. The van der Waals surface area contributed by atoms with Crippen molar-refractivity contribution in [3.05, 3.63) is 89.0 Å². The molecule has 170 valence electrons. The number of hydrogen-bond acceptors (Lipinski definition) is 6. The third kappa shape index (κ3) is 4.15. The van der Waals surface area contributed by atoms with Crippen LogP contribution in [0.3, 0.4) is 0 Å². The van der Waals surface area contributed by atoms with Crippen LogP contribution in [0.15, 0.2) is 66.7 Å². The van der Waals surface area contributed by atoms with Crippen molar-refractivity contribution in [1.82, 2.24) is 9.88 Å². The van der Waals surface area contributed by atoms with Gasteiger partial charge in [-0.15, -0.1) is 0 Å². The Morgan fingerprint density at radius 1 is 1.00 bits per heavy atom. The second-order valence-corrected chi connectivity index (χ2v) is 8.82. The molecule has 0 aliphatic carbocycles. The van der Waals surface area contributed by atoms with E-state index >= 15 is 0 Å². The summed E-state index contributed by atoms with van der Waals surface area (Å²) in [5.41, 5.74) is 2.66. The van der Waals surface area contributed by atoms with E-state index < -0.39 is 5.91 Å². The Kier molecular flexibility index (Phi) is 5.81. The fraction of sp³-hybridized carbons (Fsp3) is 0.154. The maximum absolute atomic E-state index is 12.9. The van der Waals surface area contributed by atoms with Crippen LogP contribution >= 0.6 is 11.3 Å². The number of imide groups is 1. The Labute approximate surface area is 200 Å². The van der Waals surface area contributed by atoms with E-state index in [1.165, 1.54) is 22.3 Å². The molecule has 3 aromatic carbocycles. The molecule has 0 saturated carbocycles. The van der Waals surface area contributed by atoms with Crippen molar-refractivity contribution < 1.29 is 19.1 Å². The molecule has 0 saturated heterocycles. The molecule has 1 aromatic heterocycles. The monoisotopic (exact) mass is 471 g/mol. The number of anilines is 1. The molecule has 0 atom stereocenters. The Morgan fingerprint density at radius 2 is 1.79 bits per heavy atom. The highest BCUT2D eigenvalue weighted by molar-refractivity contribution is 7.22. The van der Waals surface area contributed by atoms with Gasteiger partial charge in [0.05, 0.1) is 28.0 Å². The lowest BCUT2D eigenvalue weighted by atomic mass is 10.1. The van der Waals surface area contributed by atoms with Gasteiger partial charge in [0, 0.05) is 12.1 Å². The van der Waals surface area contributed by atoms with Gasteiger partial charge in [-0.3, -0.25) is 24.6 Å². The molecule has 1 aliphatic heterocycles. The first-order chi connectivity index (χ1) is 16.5. The zero-order chi connectivity index (χ0) is 23.7. The van der Waals surface area contributed by atoms with Gasteiger partial charge >= 0.3 is 0 Å². The molecular weight excluding hydrogens is 450 g/mol. The van der Waals surface area contributed by atoms with Gasteiger partial charge < -0.3 is 4.74 Å². The van der Waals surface area contributed by atoms with Crippen molar-refractivity contribution in [2.24, 2.45) is 0 Å². The highest BCUT2D eigenvalue weighted by Crippen LogP contribution is 2.30. The van der Waals surface area contributed by atoms with Crippen molar-refractivity contribution in [3.8, 4) is 5.75 Å². The van der Waals surface area contributed by atoms with Crippen LogP contribution in [-0.2, 0) is 6.42 Å². The van der Waals surface area contributed by atoms with E-state index in [-0.39, 0.29) is 23.9 Å². The summed E-state index contributed by atoms with van der Waals surface area (Å²) in [5.74, 6) is -0.363. The molecule has 0 bridgehead atoms. The van der Waals surface area contributed by atoms with E-state index in [1.807, 2.05) is 55.5 Å². The van der Waals surface area contributed by atoms with E-state index in [0.717, 1.165) is 21.5 Å². The Bertz CT molecular complexity index is 1410. The minimum absolute atomic E-state index is 0.247. The fourth-order valence-electron chi connectivity index (χ4n) is 3.90. The molecule has 7 nitrogen and oxygen atoms in total. The minimum Gasteiger partial charge on any atom is -0.494 e. The number of hydrogen-bond donors (Lipinski definition) is 1. The largest absolute Gasteiger partial charge is 0.494 e. The maximum atomic E-state index is 12.9. The minimum atomic E-state index is -0.394. The summed E-state index contributed by atoms with van der Waals surface area (Å²) < 4.78 is 6.41. The molecule has 1 aliphatic rings. The topological polar surface area (TPSA) is 88.6 Å². The third-order valence-corrected chi connectivity index (χ3v) is 6.52. The van der Waals surface area contributed by atoms with Crippen LogP contribution in [0.4, 0.5) is 5.13 Å².